The largest absolute Gasteiger partial charge is 0.369 e. The Hall–Kier alpha value is -1.53. The van der Waals surface area contributed by atoms with Crippen molar-refractivity contribution in [2.75, 3.05) is 0 Å². The average molecular weight is 381 g/mol. The van der Waals surface area contributed by atoms with Crippen molar-refractivity contribution in [2.24, 2.45) is 11.7 Å². The minimum absolute atomic E-state index is 0.355. The van der Waals surface area contributed by atoms with Crippen LogP contribution in [0.1, 0.15) is 40.0 Å². The summed E-state index contributed by atoms with van der Waals surface area (Å²) < 4.78 is 2.09. The summed E-state index contributed by atoms with van der Waals surface area (Å²) in [5.74, 6) is 0.927. The molecule has 1 heterocycles. The lowest BCUT2D eigenvalue weighted by atomic mass is 10.0. The van der Waals surface area contributed by atoms with Crippen molar-refractivity contribution in [1.82, 2.24) is 14.8 Å². The molecule has 1 aromatic heterocycles. The Morgan fingerprint density at radius 3 is 2.56 bits per heavy atom. The molecule has 2 aromatic rings. The van der Waals surface area contributed by atoms with Crippen LogP contribution in [0.3, 0.4) is 0 Å². The van der Waals surface area contributed by atoms with Crippen LogP contribution < -0.4 is 5.73 Å². The van der Waals surface area contributed by atoms with Crippen LogP contribution in [0.25, 0.3) is 11.4 Å². The van der Waals surface area contributed by atoms with Crippen molar-refractivity contribution in [3.8, 4) is 11.4 Å². The number of thioether (sulfide) groups is 1. The van der Waals surface area contributed by atoms with Crippen LogP contribution in [0, 0.1) is 5.92 Å². The number of carbonyl (C=O) groups excluding carboxylic acids is 1. The summed E-state index contributed by atoms with van der Waals surface area (Å²) in [4.78, 5) is 11.4. The maximum atomic E-state index is 11.4. The molecule has 0 aliphatic heterocycles. The van der Waals surface area contributed by atoms with Crippen molar-refractivity contribution < 1.29 is 4.79 Å². The molecule has 1 amide bonds. The van der Waals surface area contributed by atoms with E-state index >= 15 is 0 Å². The highest BCUT2D eigenvalue weighted by Crippen LogP contribution is 2.29. The van der Waals surface area contributed by atoms with Crippen LogP contribution in [0.2, 0.25) is 5.02 Å². The Kier molecular flexibility index (Phi) is 7.32. The summed E-state index contributed by atoms with van der Waals surface area (Å²) in [6.07, 6.45) is 3.51. The summed E-state index contributed by atoms with van der Waals surface area (Å²) in [6.45, 7) is 7.01. The van der Waals surface area contributed by atoms with Crippen LogP contribution in [-0.2, 0) is 11.3 Å². The van der Waals surface area contributed by atoms with Gasteiger partial charge >= 0.3 is 0 Å². The average Bonchev–Trinajstić information content (AvgIpc) is 2.96. The Labute approximate surface area is 158 Å². The van der Waals surface area contributed by atoms with Gasteiger partial charge in [0.05, 0.1) is 5.25 Å². The maximum absolute atomic E-state index is 11.4. The number of halogens is 1. The highest BCUT2D eigenvalue weighted by atomic mass is 35.5. The first-order valence-electron chi connectivity index (χ1n) is 8.57. The van der Waals surface area contributed by atoms with E-state index in [0.29, 0.717) is 10.9 Å². The Balaban J connectivity index is 2.33. The smallest absolute Gasteiger partial charge is 0.230 e. The quantitative estimate of drug-likeness (QED) is 0.654. The zero-order valence-corrected chi connectivity index (χ0v) is 16.5. The molecule has 7 heteroatoms. The molecule has 0 fully saturated rings. The summed E-state index contributed by atoms with van der Waals surface area (Å²) in [5, 5.41) is 9.72. The van der Waals surface area contributed by atoms with E-state index in [0.717, 1.165) is 29.5 Å². The second kappa shape index (κ2) is 9.25. The number of unbranched alkanes of at least 4 members (excludes halogenated alkanes) is 1. The van der Waals surface area contributed by atoms with E-state index in [1.54, 1.807) is 6.92 Å². The molecule has 0 aliphatic carbocycles. The van der Waals surface area contributed by atoms with Crippen molar-refractivity contribution in [1.29, 1.82) is 0 Å². The van der Waals surface area contributed by atoms with E-state index in [2.05, 4.69) is 28.6 Å². The Bertz CT molecular complexity index is 702. The van der Waals surface area contributed by atoms with Crippen LogP contribution >= 0.6 is 23.4 Å². The van der Waals surface area contributed by atoms with Crippen LogP contribution in [0.15, 0.2) is 29.4 Å². The number of carbonyl (C=O) groups is 1. The zero-order valence-electron chi connectivity index (χ0n) is 14.9. The summed E-state index contributed by atoms with van der Waals surface area (Å²) in [7, 11) is 0. The number of amides is 1. The van der Waals surface area contributed by atoms with Gasteiger partial charge in [0.2, 0.25) is 5.91 Å². The molecule has 25 heavy (non-hydrogen) atoms. The third kappa shape index (κ3) is 5.47. The van der Waals surface area contributed by atoms with Gasteiger partial charge in [-0.2, -0.15) is 0 Å². The summed E-state index contributed by atoms with van der Waals surface area (Å²) in [5.41, 5.74) is 6.36. The molecule has 0 saturated carbocycles. The fourth-order valence-corrected chi connectivity index (χ4v) is 3.46. The zero-order chi connectivity index (χ0) is 18.4. The first kappa shape index (κ1) is 19.8. The number of hydrogen-bond donors (Lipinski definition) is 1. The monoisotopic (exact) mass is 380 g/mol. The molecule has 0 saturated heterocycles. The number of nitrogens with zero attached hydrogens (tertiary/aromatic N) is 3. The molecule has 0 radical (unpaired) electrons. The van der Waals surface area contributed by atoms with Crippen molar-refractivity contribution in [3.63, 3.8) is 0 Å². The molecule has 0 aliphatic rings. The molecular weight excluding hydrogens is 356 g/mol. The fraction of sp³-hybridized carbons (Fsp3) is 0.500. The maximum Gasteiger partial charge on any atom is 0.230 e. The highest BCUT2D eigenvalue weighted by Gasteiger charge is 2.20. The lowest BCUT2D eigenvalue weighted by Gasteiger charge is -2.16. The Morgan fingerprint density at radius 2 is 1.96 bits per heavy atom. The predicted octanol–water partition coefficient (Wildman–Crippen LogP) is 4.39. The van der Waals surface area contributed by atoms with Gasteiger partial charge in [-0.15, -0.1) is 10.2 Å². The number of benzene rings is 1. The number of aromatic nitrogens is 3. The third-order valence-corrected chi connectivity index (χ3v) is 5.40. The normalized spacial score (nSPS) is 13.6. The molecule has 0 spiro atoms. The van der Waals surface area contributed by atoms with Crippen molar-refractivity contribution in [3.05, 3.63) is 29.3 Å². The molecule has 136 valence electrons. The SMILES string of the molecule is CCCC[C@H](C)Cn1c(S[C@H](C)C(N)=O)nnc1-c1ccc(Cl)cc1. The summed E-state index contributed by atoms with van der Waals surface area (Å²) >= 11 is 7.34. The van der Waals surface area contributed by atoms with Crippen molar-refractivity contribution >= 4 is 29.3 Å². The second-order valence-corrected chi connectivity index (χ2v) is 8.08. The van der Waals surface area contributed by atoms with Gasteiger partial charge in [0, 0.05) is 17.1 Å². The topological polar surface area (TPSA) is 73.8 Å². The van der Waals surface area contributed by atoms with Gasteiger partial charge in [-0.1, -0.05) is 50.1 Å². The minimum Gasteiger partial charge on any atom is -0.369 e. The van der Waals surface area contributed by atoms with Crippen LogP contribution in [0.5, 0.6) is 0 Å². The van der Waals surface area contributed by atoms with Crippen LogP contribution in [-0.4, -0.2) is 25.9 Å². The molecule has 0 unspecified atom stereocenters. The third-order valence-electron chi connectivity index (χ3n) is 4.05. The van der Waals surface area contributed by atoms with Gasteiger partial charge in [0.1, 0.15) is 0 Å². The fourth-order valence-electron chi connectivity index (χ4n) is 2.52. The molecule has 2 atom stereocenters. The molecule has 1 aromatic carbocycles. The lowest BCUT2D eigenvalue weighted by Crippen LogP contribution is -2.23. The van der Waals surface area contributed by atoms with E-state index in [4.69, 9.17) is 17.3 Å². The standard InChI is InChI=1S/C18H25ClN4OS/c1-4-5-6-12(2)11-23-17(14-7-9-15(19)10-8-14)21-22-18(23)25-13(3)16(20)24/h7-10,12-13H,4-6,11H2,1-3H3,(H2,20,24)/t12-,13+/m0/s1. The molecule has 5 nitrogen and oxygen atoms in total. The first-order chi connectivity index (χ1) is 11.9. The second-order valence-electron chi connectivity index (χ2n) is 6.33. The summed E-state index contributed by atoms with van der Waals surface area (Å²) in [6, 6.07) is 7.56. The van der Waals surface area contributed by atoms with E-state index in [9.17, 15) is 4.79 Å². The van der Waals surface area contributed by atoms with Crippen molar-refractivity contribution in [2.45, 2.75) is 57.0 Å². The van der Waals surface area contributed by atoms with Gasteiger partial charge in [-0.25, -0.2) is 0 Å². The molecule has 0 bridgehead atoms. The highest BCUT2D eigenvalue weighted by molar-refractivity contribution is 8.00. The van der Waals surface area contributed by atoms with E-state index in [1.165, 1.54) is 24.6 Å². The number of rotatable bonds is 9. The number of nitrogens with two attached hydrogens (primary N) is 1. The van der Waals surface area contributed by atoms with Gasteiger partial charge in [0.15, 0.2) is 11.0 Å². The number of primary amides is 1. The van der Waals surface area contributed by atoms with Gasteiger partial charge in [-0.05, 0) is 43.5 Å². The van der Waals surface area contributed by atoms with E-state index in [-0.39, 0.29) is 11.2 Å². The van der Waals surface area contributed by atoms with E-state index in [1.807, 2.05) is 24.3 Å². The lowest BCUT2D eigenvalue weighted by molar-refractivity contribution is -0.117. The Morgan fingerprint density at radius 1 is 1.28 bits per heavy atom. The van der Waals surface area contributed by atoms with Gasteiger partial charge in [0.25, 0.3) is 0 Å². The molecule has 2 rings (SSSR count). The first-order valence-corrected chi connectivity index (χ1v) is 9.83. The molecular formula is C18H25ClN4OS. The van der Waals surface area contributed by atoms with Gasteiger partial charge in [-0.3, -0.25) is 4.79 Å². The predicted molar refractivity (Wildman–Crippen MR) is 104 cm³/mol. The minimum atomic E-state index is -0.355. The van der Waals surface area contributed by atoms with E-state index < -0.39 is 0 Å². The number of hydrogen-bond acceptors (Lipinski definition) is 4. The molecule has 2 N–H and O–H groups in total. The van der Waals surface area contributed by atoms with Crippen LogP contribution in [0.4, 0.5) is 0 Å². The van der Waals surface area contributed by atoms with Gasteiger partial charge < -0.3 is 10.3 Å².